The Morgan fingerprint density at radius 1 is 1.30 bits per heavy atom. The summed E-state index contributed by atoms with van der Waals surface area (Å²) in [5.74, 6) is 1.78. The first-order valence-corrected chi connectivity index (χ1v) is 7.42. The van der Waals surface area contributed by atoms with Crippen LogP contribution in [0.25, 0.3) is 5.69 Å². The summed E-state index contributed by atoms with van der Waals surface area (Å²) in [6.07, 6.45) is 2.46. The van der Waals surface area contributed by atoms with Crippen molar-refractivity contribution in [2.75, 3.05) is 0 Å². The van der Waals surface area contributed by atoms with Crippen molar-refractivity contribution in [2.24, 2.45) is 5.73 Å². The SMILES string of the molecule is CCc1nc(CC)n(-c2ccc(CC(C)N)cc2Cl)n1. The van der Waals surface area contributed by atoms with Gasteiger partial charge >= 0.3 is 0 Å². The average Bonchev–Trinajstić information content (AvgIpc) is 2.81. The maximum Gasteiger partial charge on any atom is 0.151 e. The number of rotatable bonds is 5. The number of hydrogen-bond donors (Lipinski definition) is 1. The minimum Gasteiger partial charge on any atom is -0.328 e. The normalized spacial score (nSPS) is 12.7. The second-order valence-electron chi connectivity index (χ2n) is 5.03. The highest BCUT2D eigenvalue weighted by Crippen LogP contribution is 2.23. The molecule has 0 spiro atoms. The Morgan fingerprint density at radius 3 is 2.60 bits per heavy atom. The zero-order valence-corrected chi connectivity index (χ0v) is 13.0. The van der Waals surface area contributed by atoms with E-state index in [1.807, 2.05) is 30.7 Å². The van der Waals surface area contributed by atoms with Gasteiger partial charge in [0.2, 0.25) is 0 Å². The summed E-state index contributed by atoms with van der Waals surface area (Å²) < 4.78 is 1.84. The molecular formula is C15H21ClN4. The molecule has 2 N–H and O–H groups in total. The molecule has 0 aliphatic carbocycles. The number of hydrogen-bond acceptors (Lipinski definition) is 3. The van der Waals surface area contributed by atoms with Gasteiger partial charge < -0.3 is 5.73 Å². The Balaban J connectivity index is 2.40. The van der Waals surface area contributed by atoms with Crippen LogP contribution >= 0.6 is 11.6 Å². The summed E-state index contributed by atoms with van der Waals surface area (Å²) in [6.45, 7) is 6.10. The lowest BCUT2D eigenvalue weighted by Gasteiger charge is -2.10. The highest BCUT2D eigenvalue weighted by molar-refractivity contribution is 6.32. The summed E-state index contributed by atoms with van der Waals surface area (Å²) in [5.41, 5.74) is 7.84. The lowest BCUT2D eigenvalue weighted by Crippen LogP contribution is -2.17. The Morgan fingerprint density at radius 2 is 2.05 bits per heavy atom. The second-order valence-corrected chi connectivity index (χ2v) is 5.44. The van der Waals surface area contributed by atoms with Gasteiger partial charge in [-0.2, -0.15) is 5.10 Å². The molecule has 1 aromatic carbocycles. The van der Waals surface area contributed by atoms with E-state index < -0.39 is 0 Å². The molecule has 0 aliphatic heterocycles. The Hall–Kier alpha value is -1.39. The highest BCUT2D eigenvalue weighted by atomic mass is 35.5. The maximum atomic E-state index is 6.40. The molecule has 0 fully saturated rings. The van der Waals surface area contributed by atoms with Crippen LogP contribution in [0.2, 0.25) is 5.02 Å². The van der Waals surface area contributed by atoms with Gasteiger partial charge in [-0.3, -0.25) is 0 Å². The zero-order valence-electron chi connectivity index (χ0n) is 12.2. The molecule has 2 rings (SSSR count). The van der Waals surface area contributed by atoms with Crippen LogP contribution in [0.15, 0.2) is 18.2 Å². The molecule has 2 aromatic rings. The van der Waals surface area contributed by atoms with Crippen LogP contribution in [0, 0.1) is 0 Å². The average molecular weight is 293 g/mol. The Bertz CT molecular complexity index is 590. The van der Waals surface area contributed by atoms with Crippen LogP contribution in [0.4, 0.5) is 0 Å². The number of aryl methyl sites for hydroxylation is 2. The third kappa shape index (κ3) is 3.19. The van der Waals surface area contributed by atoms with E-state index in [1.165, 1.54) is 0 Å². The van der Waals surface area contributed by atoms with Crippen molar-refractivity contribution in [1.82, 2.24) is 14.8 Å². The van der Waals surface area contributed by atoms with Gasteiger partial charge in [0.05, 0.1) is 10.7 Å². The topological polar surface area (TPSA) is 56.7 Å². The molecule has 0 bridgehead atoms. The van der Waals surface area contributed by atoms with Crippen molar-refractivity contribution in [1.29, 1.82) is 0 Å². The van der Waals surface area contributed by atoms with E-state index in [-0.39, 0.29) is 6.04 Å². The summed E-state index contributed by atoms with van der Waals surface area (Å²) in [6, 6.07) is 6.14. The van der Waals surface area contributed by atoms with Crippen LogP contribution in [-0.4, -0.2) is 20.8 Å². The fourth-order valence-electron chi connectivity index (χ4n) is 2.18. The molecule has 0 aliphatic rings. The fraction of sp³-hybridized carbons (Fsp3) is 0.467. The van der Waals surface area contributed by atoms with Crippen LogP contribution < -0.4 is 5.73 Å². The van der Waals surface area contributed by atoms with Gasteiger partial charge in [-0.05, 0) is 31.0 Å². The molecule has 4 nitrogen and oxygen atoms in total. The lowest BCUT2D eigenvalue weighted by atomic mass is 10.1. The van der Waals surface area contributed by atoms with E-state index in [9.17, 15) is 0 Å². The summed E-state index contributed by atoms with van der Waals surface area (Å²) >= 11 is 6.40. The van der Waals surface area contributed by atoms with Crippen LogP contribution in [0.5, 0.6) is 0 Å². The summed E-state index contributed by atoms with van der Waals surface area (Å²) in [4.78, 5) is 4.51. The molecule has 0 amide bonds. The van der Waals surface area contributed by atoms with Gasteiger partial charge in [0.25, 0.3) is 0 Å². The third-order valence-corrected chi connectivity index (χ3v) is 3.45. The largest absolute Gasteiger partial charge is 0.328 e. The van der Waals surface area contributed by atoms with Crippen molar-refractivity contribution < 1.29 is 0 Å². The predicted octanol–water partition coefficient (Wildman–Crippen LogP) is 2.94. The number of nitrogens with two attached hydrogens (primary N) is 1. The molecule has 1 aromatic heterocycles. The van der Waals surface area contributed by atoms with E-state index in [0.717, 1.165) is 42.2 Å². The molecule has 0 saturated heterocycles. The van der Waals surface area contributed by atoms with Crippen molar-refractivity contribution in [3.05, 3.63) is 40.4 Å². The first-order valence-electron chi connectivity index (χ1n) is 7.04. The van der Waals surface area contributed by atoms with Crippen molar-refractivity contribution in [3.63, 3.8) is 0 Å². The van der Waals surface area contributed by atoms with E-state index in [4.69, 9.17) is 17.3 Å². The third-order valence-electron chi connectivity index (χ3n) is 3.15. The summed E-state index contributed by atoms with van der Waals surface area (Å²) in [5, 5.41) is 5.20. The van der Waals surface area contributed by atoms with Crippen LogP contribution in [-0.2, 0) is 19.3 Å². The van der Waals surface area contributed by atoms with E-state index in [0.29, 0.717) is 5.02 Å². The van der Waals surface area contributed by atoms with E-state index >= 15 is 0 Å². The summed E-state index contributed by atoms with van der Waals surface area (Å²) in [7, 11) is 0. The number of benzene rings is 1. The van der Waals surface area contributed by atoms with Gasteiger partial charge in [-0.15, -0.1) is 0 Å². The smallest absolute Gasteiger partial charge is 0.151 e. The first kappa shape index (κ1) is 15.0. The minimum absolute atomic E-state index is 0.126. The monoisotopic (exact) mass is 292 g/mol. The Kier molecular flexibility index (Phi) is 4.78. The van der Waals surface area contributed by atoms with E-state index in [1.54, 1.807) is 0 Å². The highest BCUT2D eigenvalue weighted by Gasteiger charge is 2.12. The minimum atomic E-state index is 0.126. The molecule has 108 valence electrons. The first-order chi connectivity index (χ1) is 9.55. The van der Waals surface area contributed by atoms with Crippen LogP contribution in [0.3, 0.4) is 0 Å². The quantitative estimate of drug-likeness (QED) is 0.922. The maximum absolute atomic E-state index is 6.40. The lowest BCUT2D eigenvalue weighted by molar-refractivity contribution is 0.736. The Labute approximate surface area is 125 Å². The molecular weight excluding hydrogens is 272 g/mol. The van der Waals surface area contributed by atoms with Crippen molar-refractivity contribution in [3.8, 4) is 5.69 Å². The van der Waals surface area contributed by atoms with Crippen LogP contribution in [0.1, 0.15) is 38.0 Å². The molecule has 1 heterocycles. The molecule has 5 heteroatoms. The molecule has 0 radical (unpaired) electrons. The van der Waals surface area contributed by atoms with Crippen molar-refractivity contribution >= 4 is 11.6 Å². The number of halogens is 1. The molecule has 1 atom stereocenters. The second kappa shape index (κ2) is 6.37. The van der Waals surface area contributed by atoms with Gasteiger partial charge in [0.1, 0.15) is 5.82 Å². The standard InChI is InChI=1S/C15H21ClN4/c1-4-14-18-15(5-2)20(19-14)13-7-6-11(8-10(3)17)9-12(13)16/h6-7,9-10H,4-5,8,17H2,1-3H3. The van der Waals surface area contributed by atoms with Gasteiger partial charge in [-0.25, -0.2) is 9.67 Å². The zero-order chi connectivity index (χ0) is 14.7. The molecule has 0 saturated carbocycles. The van der Waals surface area contributed by atoms with Gasteiger partial charge in [0.15, 0.2) is 5.82 Å². The predicted molar refractivity (Wildman–Crippen MR) is 82.5 cm³/mol. The molecule has 20 heavy (non-hydrogen) atoms. The van der Waals surface area contributed by atoms with Gasteiger partial charge in [-0.1, -0.05) is 31.5 Å². The number of aromatic nitrogens is 3. The molecule has 1 unspecified atom stereocenters. The van der Waals surface area contributed by atoms with Gasteiger partial charge in [0, 0.05) is 18.9 Å². The number of nitrogens with zero attached hydrogens (tertiary/aromatic N) is 3. The van der Waals surface area contributed by atoms with Crippen molar-refractivity contribution in [2.45, 2.75) is 46.1 Å². The fourth-order valence-corrected chi connectivity index (χ4v) is 2.47. The van der Waals surface area contributed by atoms with E-state index in [2.05, 4.69) is 23.1 Å².